The summed E-state index contributed by atoms with van der Waals surface area (Å²) in [4.78, 5) is 23.9. The zero-order valence-electron chi connectivity index (χ0n) is 16.3. The number of carboxylic acids is 1. The highest BCUT2D eigenvalue weighted by Gasteiger charge is 2.34. The summed E-state index contributed by atoms with van der Waals surface area (Å²) in [6.45, 7) is 0. The van der Waals surface area contributed by atoms with E-state index in [0.717, 1.165) is 6.07 Å². The van der Waals surface area contributed by atoms with Crippen molar-refractivity contribution in [1.29, 1.82) is 0 Å². The molecule has 0 radical (unpaired) electrons. The van der Waals surface area contributed by atoms with Gasteiger partial charge in [-0.05, 0) is 30.3 Å². The van der Waals surface area contributed by atoms with Gasteiger partial charge in [0.1, 0.15) is 0 Å². The molecule has 0 spiro atoms. The highest BCUT2D eigenvalue weighted by molar-refractivity contribution is 5.88. The number of rotatable bonds is 5. The number of aromatic nitrogens is 3. The second-order valence-corrected chi connectivity index (χ2v) is 6.72. The second kappa shape index (κ2) is 8.46. The van der Waals surface area contributed by atoms with Crippen LogP contribution in [0.5, 0.6) is 0 Å². The summed E-state index contributed by atoms with van der Waals surface area (Å²) in [5.74, 6) is -1.00. The number of nitrogens with one attached hydrogen (secondary N) is 1. The van der Waals surface area contributed by atoms with Crippen molar-refractivity contribution in [2.24, 2.45) is 0 Å². The fourth-order valence-electron chi connectivity index (χ4n) is 3.02. The van der Waals surface area contributed by atoms with E-state index in [4.69, 9.17) is 5.11 Å². The summed E-state index contributed by atoms with van der Waals surface area (Å²) >= 11 is 0. The van der Waals surface area contributed by atoms with Crippen molar-refractivity contribution in [2.75, 3.05) is 5.32 Å². The number of anilines is 2. The molecule has 0 aliphatic heterocycles. The molecule has 0 fully saturated rings. The van der Waals surface area contributed by atoms with Gasteiger partial charge in [0.25, 0.3) is 0 Å². The maximum atomic E-state index is 13.6. The molecule has 0 unspecified atom stereocenters. The molecule has 0 aliphatic carbocycles. The van der Waals surface area contributed by atoms with E-state index < -0.39 is 17.7 Å². The molecule has 0 aliphatic rings. The van der Waals surface area contributed by atoms with Crippen LogP contribution >= 0.6 is 0 Å². The van der Waals surface area contributed by atoms with Gasteiger partial charge in [-0.15, -0.1) is 0 Å². The Morgan fingerprint density at radius 1 is 0.781 bits per heavy atom. The first kappa shape index (κ1) is 21.0. The van der Waals surface area contributed by atoms with Crippen molar-refractivity contribution in [3.8, 4) is 22.8 Å². The van der Waals surface area contributed by atoms with Crippen molar-refractivity contribution in [1.82, 2.24) is 15.0 Å². The molecule has 0 saturated heterocycles. The lowest BCUT2D eigenvalue weighted by atomic mass is 10.1. The van der Waals surface area contributed by atoms with Gasteiger partial charge < -0.3 is 10.4 Å². The molecule has 32 heavy (non-hydrogen) atoms. The minimum atomic E-state index is -4.59. The number of carboxylic acid groups (broad SMARTS) is 1. The van der Waals surface area contributed by atoms with E-state index in [0.29, 0.717) is 11.3 Å². The molecule has 0 atom stereocenters. The molecule has 0 bridgehead atoms. The van der Waals surface area contributed by atoms with Gasteiger partial charge in [0, 0.05) is 16.8 Å². The molecule has 3 aromatic carbocycles. The average Bonchev–Trinajstić information content (AvgIpc) is 2.79. The highest BCUT2D eigenvalue weighted by atomic mass is 19.4. The first-order chi connectivity index (χ1) is 15.3. The third kappa shape index (κ3) is 4.56. The minimum absolute atomic E-state index is 0.0221. The van der Waals surface area contributed by atoms with Crippen molar-refractivity contribution >= 4 is 17.6 Å². The molecule has 1 aromatic heterocycles. The van der Waals surface area contributed by atoms with Crippen LogP contribution < -0.4 is 5.32 Å². The Hall–Kier alpha value is -4.27. The van der Waals surface area contributed by atoms with Gasteiger partial charge in [-0.3, -0.25) is 0 Å². The van der Waals surface area contributed by atoms with Gasteiger partial charge in [0.05, 0.1) is 11.1 Å². The van der Waals surface area contributed by atoms with Crippen LogP contribution in [0.3, 0.4) is 0 Å². The molecular weight excluding hydrogens is 421 g/mol. The minimum Gasteiger partial charge on any atom is -0.478 e. The summed E-state index contributed by atoms with van der Waals surface area (Å²) in [6, 6.07) is 19.7. The maximum Gasteiger partial charge on any atom is 0.417 e. The van der Waals surface area contributed by atoms with Gasteiger partial charge in [-0.2, -0.15) is 23.1 Å². The van der Waals surface area contributed by atoms with E-state index in [1.165, 1.54) is 42.5 Å². The average molecular weight is 436 g/mol. The third-order valence-electron chi connectivity index (χ3n) is 4.53. The Bertz CT molecular complexity index is 1260. The van der Waals surface area contributed by atoms with Crippen LogP contribution in [-0.2, 0) is 6.18 Å². The van der Waals surface area contributed by atoms with Gasteiger partial charge in [0.2, 0.25) is 5.95 Å². The Labute approximate surface area is 180 Å². The number of carbonyl (C=O) groups is 1. The molecule has 6 nitrogen and oxygen atoms in total. The van der Waals surface area contributed by atoms with Crippen molar-refractivity contribution in [3.05, 3.63) is 90.0 Å². The van der Waals surface area contributed by atoms with E-state index >= 15 is 0 Å². The van der Waals surface area contributed by atoms with E-state index in [-0.39, 0.29) is 28.7 Å². The topological polar surface area (TPSA) is 88.0 Å². The fraction of sp³-hybridized carbons (Fsp3) is 0.0435. The van der Waals surface area contributed by atoms with Crippen LogP contribution in [0.1, 0.15) is 15.9 Å². The monoisotopic (exact) mass is 436 g/mol. The predicted molar refractivity (Wildman–Crippen MR) is 112 cm³/mol. The van der Waals surface area contributed by atoms with Gasteiger partial charge in [-0.1, -0.05) is 48.5 Å². The molecule has 160 valence electrons. The van der Waals surface area contributed by atoms with E-state index in [2.05, 4.69) is 20.3 Å². The lowest BCUT2D eigenvalue weighted by Gasteiger charge is -2.14. The van der Waals surface area contributed by atoms with E-state index in [1.54, 1.807) is 30.3 Å². The molecule has 1 heterocycles. The number of alkyl halides is 3. The normalized spacial score (nSPS) is 11.2. The molecule has 4 rings (SSSR count). The first-order valence-electron chi connectivity index (χ1n) is 9.40. The molecular formula is C23H15F3N4O2. The number of halogens is 3. The van der Waals surface area contributed by atoms with E-state index in [9.17, 15) is 18.0 Å². The summed E-state index contributed by atoms with van der Waals surface area (Å²) in [5, 5.41) is 11.9. The van der Waals surface area contributed by atoms with Crippen LogP contribution in [0.15, 0.2) is 78.9 Å². The van der Waals surface area contributed by atoms with Crippen molar-refractivity contribution < 1.29 is 23.1 Å². The SMILES string of the molecule is O=C(O)c1ccc(Nc2nc(-c3ccccc3)nc(-c3ccccc3C(F)(F)F)n2)cc1. The standard InChI is InChI=1S/C23H15F3N4O2/c24-23(25,26)18-9-5-4-8-17(18)20-28-19(14-6-2-1-3-7-14)29-22(30-20)27-16-12-10-15(11-13-16)21(31)32/h1-13H,(H,31,32)(H,27,28,29,30). The number of nitrogens with zero attached hydrogens (tertiary/aromatic N) is 3. The van der Waals surface area contributed by atoms with Gasteiger partial charge in [0.15, 0.2) is 11.6 Å². The maximum absolute atomic E-state index is 13.6. The summed E-state index contributed by atoms with van der Waals surface area (Å²) in [6.07, 6.45) is -4.59. The Morgan fingerprint density at radius 3 is 2.06 bits per heavy atom. The Balaban J connectivity index is 1.82. The number of benzene rings is 3. The zero-order chi connectivity index (χ0) is 22.7. The number of hydrogen-bond donors (Lipinski definition) is 2. The quantitative estimate of drug-likeness (QED) is 0.419. The number of aromatic carboxylic acids is 1. The smallest absolute Gasteiger partial charge is 0.417 e. The van der Waals surface area contributed by atoms with Gasteiger partial charge in [-0.25, -0.2) is 9.78 Å². The van der Waals surface area contributed by atoms with E-state index in [1.807, 2.05) is 0 Å². The van der Waals surface area contributed by atoms with Crippen LogP contribution in [0.4, 0.5) is 24.8 Å². The van der Waals surface area contributed by atoms with Crippen LogP contribution in [0.25, 0.3) is 22.8 Å². The van der Waals surface area contributed by atoms with Crippen LogP contribution in [0, 0.1) is 0 Å². The van der Waals surface area contributed by atoms with Gasteiger partial charge >= 0.3 is 12.1 Å². The number of hydrogen-bond acceptors (Lipinski definition) is 5. The summed E-state index contributed by atoms with van der Waals surface area (Å²) in [7, 11) is 0. The molecule has 4 aromatic rings. The fourth-order valence-corrected chi connectivity index (χ4v) is 3.02. The predicted octanol–water partition coefficient (Wildman–Crippen LogP) is 5.67. The molecule has 0 saturated carbocycles. The summed E-state index contributed by atoms with van der Waals surface area (Å²) < 4.78 is 40.7. The van der Waals surface area contributed by atoms with Crippen LogP contribution in [0.2, 0.25) is 0 Å². The largest absolute Gasteiger partial charge is 0.478 e. The van der Waals surface area contributed by atoms with Crippen LogP contribution in [-0.4, -0.2) is 26.0 Å². The van der Waals surface area contributed by atoms with Crippen molar-refractivity contribution in [2.45, 2.75) is 6.18 Å². The lowest BCUT2D eigenvalue weighted by molar-refractivity contribution is -0.137. The Kier molecular flexibility index (Phi) is 5.55. The highest BCUT2D eigenvalue weighted by Crippen LogP contribution is 2.36. The molecule has 9 heteroatoms. The molecule has 0 amide bonds. The zero-order valence-corrected chi connectivity index (χ0v) is 16.3. The van der Waals surface area contributed by atoms with Crippen molar-refractivity contribution in [3.63, 3.8) is 0 Å². The lowest BCUT2D eigenvalue weighted by Crippen LogP contribution is -2.09. The third-order valence-corrected chi connectivity index (χ3v) is 4.53. The second-order valence-electron chi connectivity index (χ2n) is 6.72. The molecule has 2 N–H and O–H groups in total. The Morgan fingerprint density at radius 2 is 1.41 bits per heavy atom. The first-order valence-corrected chi connectivity index (χ1v) is 9.40. The summed E-state index contributed by atoms with van der Waals surface area (Å²) in [5.41, 5.74) is 0.127.